The van der Waals surface area contributed by atoms with Crippen molar-refractivity contribution in [2.75, 3.05) is 7.11 Å². The van der Waals surface area contributed by atoms with E-state index in [1.54, 1.807) is 0 Å². The minimum Gasteiger partial charge on any atom is -0.466 e. The highest BCUT2D eigenvalue weighted by Gasteiger charge is 2.31. The number of hydrogen-bond acceptors (Lipinski definition) is 6. The molecule has 1 aromatic carbocycles. The molecule has 0 saturated carbocycles. The molecule has 0 aliphatic carbocycles. The van der Waals surface area contributed by atoms with Crippen LogP contribution in [0.2, 0.25) is 0 Å². The lowest BCUT2D eigenvalue weighted by Gasteiger charge is -2.18. The standard InChI is InChI=1S/C13H12BrNO6/c1-7(13(17)20-3)12(21-8(2)16)10-6-9(14)4-5-11(10)15(18)19/h4-6,12H,1H2,2-3H3. The summed E-state index contributed by atoms with van der Waals surface area (Å²) in [7, 11) is 1.13. The highest BCUT2D eigenvalue weighted by molar-refractivity contribution is 9.10. The Morgan fingerprint density at radius 2 is 2.05 bits per heavy atom. The van der Waals surface area contributed by atoms with Gasteiger partial charge in [0.25, 0.3) is 5.69 Å². The predicted molar refractivity (Wildman–Crippen MR) is 76.5 cm³/mol. The Labute approximate surface area is 128 Å². The van der Waals surface area contributed by atoms with Crippen LogP contribution >= 0.6 is 15.9 Å². The fourth-order valence-electron chi connectivity index (χ4n) is 1.63. The molecule has 0 aliphatic heterocycles. The van der Waals surface area contributed by atoms with Gasteiger partial charge in [-0.25, -0.2) is 4.79 Å². The van der Waals surface area contributed by atoms with Gasteiger partial charge in [-0.1, -0.05) is 22.5 Å². The lowest BCUT2D eigenvalue weighted by Crippen LogP contribution is -2.18. The molecule has 0 bridgehead atoms. The summed E-state index contributed by atoms with van der Waals surface area (Å²) in [5, 5.41) is 11.1. The van der Waals surface area contributed by atoms with Crippen LogP contribution in [0.15, 0.2) is 34.8 Å². The zero-order valence-corrected chi connectivity index (χ0v) is 12.9. The smallest absolute Gasteiger partial charge is 0.337 e. The summed E-state index contributed by atoms with van der Waals surface area (Å²) >= 11 is 3.17. The molecular weight excluding hydrogens is 346 g/mol. The third-order valence-electron chi connectivity index (χ3n) is 2.52. The number of ether oxygens (including phenoxy) is 2. The van der Waals surface area contributed by atoms with Crippen molar-refractivity contribution in [3.05, 3.63) is 50.5 Å². The van der Waals surface area contributed by atoms with Gasteiger partial charge in [-0.3, -0.25) is 14.9 Å². The summed E-state index contributed by atoms with van der Waals surface area (Å²) in [4.78, 5) is 33.2. The summed E-state index contributed by atoms with van der Waals surface area (Å²) < 4.78 is 10.0. The maximum atomic E-state index is 11.6. The first-order chi connectivity index (χ1) is 9.77. The fourth-order valence-corrected chi connectivity index (χ4v) is 2.01. The number of benzene rings is 1. The molecule has 0 spiro atoms. The molecule has 7 nitrogen and oxygen atoms in total. The Balaban J connectivity index is 3.41. The van der Waals surface area contributed by atoms with Crippen molar-refractivity contribution in [1.29, 1.82) is 0 Å². The van der Waals surface area contributed by atoms with Crippen molar-refractivity contribution < 1.29 is 24.0 Å². The molecule has 0 fully saturated rings. The fraction of sp³-hybridized carbons (Fsp3) is 0.231. The van der Waals surface area contributed by atoms with Crippen molar-refractivity contribution in [2.24, 2.45) is 0 Å². The van der Waals surface area contributed by atoms with E-state index >= 15 is 0 Å². The van der Waals surface area contributed by atoms with E-state index in [0.29, 0.717) is 4.47 Å². The molecule has 21 heavy (non-hydrogen) atoms. The molecule has 0 aliphatic rings. The Bertz CT molecular complexity index is 613. The topological polar surface area (TPSA) is 95.7 Å². The zero-order chi connectivity index (χ0) is 16.2. The molecule has 0 amide bonds. The van der Waals surface area contributed by atoms with Gasteiger partial charge in [0.05, 0.1) is 23.2 Å². The molecular formula is C13H12BrNO6. The highest BCUT2D eigenvalue weighted by atomic mass is 79.9. The van der Waals surface area contributed by atoms with Crippen molar-refractivity contribution in [1.82, 2.24) is 0 Å². The third kappa shape index (κ3) is 4.12. The van der Waals surface area contributed by atoms with Crippen molar-refractivity contribution in [2.45, 2.75) is 13.0 Å². The van der Waals surface area contributed by atoms with Gasteiger partial charge in [-0.15, -0.1) is 0 Å². The van der Waals surface area contributed by atoms with Gasteiger partial charge in [0, 0.05) is 17.5 Å². The number of nitro benzene ring substituents is 1. The molecule has 0 heterocycles. The lowest BCUT2D eigenvalue weighted by molar-refractivity contribution is -0.386. The van der Waals surface area contributed by atoms with E-state index in [-0.39, 0.29) is 16.8 Å². The average Bonchev–Trinajstić information content (AvgIpc) is 2.42. The van der Waals surface area contributed by atoms with Crippen LogP contribution in [0.1, 0.15) is 18.6 Å². The van der Waals surface area contributed by atoms with Crippen LogP contribution < -0.4 is 0 Å². The van der Waals surface area contributed by atoms with Gasteiger partial charge in [0.2, 0.25) is 0 Å². The van der Waals surface area contributed by atoms with E-state index in [1.165, 1.54) is 18.2 Å². The minimum atomic E-state index is -1.30. The maximum Gasteiger partial charge on any atom is 0.337 e. The van der Waals surface area contributed by atoms with Gasteiger partial charge in [-0.2, -0.15) is 0 Å². The number of methoxy groups -OCH3 is 1. The molecule has 0 aromatic heterocycles. The van der Waals surface area contributed by atoms with Crippen molar-refractivity contribution in [3.8, 4) is 0 Å². The third-order valence-corrected chi connectivity index (χ3v) is 3.01. The Morgan fingerprint density at radius 3 is 2.52 bits per heavy atom. The highest BCUT2D eigenvalue weighted by Crippen LogP contribution is 2.34. The number of carbonyl (C=O) groups excluding carboxylic acids is 2. The first-order valence-electron chi connectivity index (χ1n) is 5.66. The summed E-state index contributed by atoms with van der Waals surface area (Å²) in [6, 6.07) is 4.09. The second-order valence-electron chi connectivity index (χ2n) is 3.97. The van der Waals surface area contributed by atoms with Crippen LogP contribution in [0.3, 0.4) is 0 Å². The van der Waals surface area contributed by atoms with E-state index in [4.69, 9.17) is 4.74 Å². The Kier molecular flexibility index (Phi) is 5.60. The molecule has 8 heteroatoms. The second kappa shape index (κ2) is 6.98. The summed E-state index contributed by atoms with van der Waals surface area (Å²) in [6.45, 7) is 4.62. The monoisotopic (exact) mass is 357 g/mol. The number of nitrogens with zero attached hydrogens (tertiary/aromatic N) is 1. The molecule has 1 unspecified atom stereocenters. The van der Waals surface area contributed by atoms with Gasteiger partial charge in [-0.05, 0) is 12.1 Å². The number of carbonyl (C=O) groups is 2. The van der Waals surface area contributed by atoms with Crippen molar-refractivity contribution in [3.63, 3.8) is 0 Å². The average molecular weight is 358 g/mol. The minimum absolute atomic E-state index is 0.0278. The first-order valence-corrected chi connectivity index (χ1v) is 6.45. The number of rotatable bonds is 5. The van der Waals surface area contributed by atoms with E-state index in [1.807, 2.05) is 0 Å². The van der Waals surface area contributed by atoms with E-state index < -0.39 is 23.0 Å². The summed E-state index contributed by atoms with van der Waals surface area (Å²) in [6.07, 6.45) is -1.30. The van der Waals surface area contributed by atoms with Crippen LogP contribution in [-0.2, 0) is 19.1 Å². The van der Waals surface area contributed by atoms with Crippen LogP contribution in [0, 0.1) is 10.1 Å². The molecule has 0 radical (unpaired) electrons. The normalized spacial score (nSPS) is 11.4. The van der Waals surface area contributed by atoms with Crippen molar-refractivity contribution >= 4 is 33.6 Å². The number of hydrogen-bond donors (Lipinski definition) is 0. The zero-order valence-electron chi connectivity index (χ0n) is 11.3. The largest absolute Gasteiger partial charge is 0.466 e. The number of esters is 2. The SMILES string of the molecule is C=C(C(=O)OC)C(OC(C)=O)c1cc(Br)ccc1[N+](=O)[O-]. The van der Waals surface area contributed by atoms with E-state index in [9.17, 15) is 19.7 Å². The van der Waals surface area contributed by atoms with Crippen LogP contribution in [-0.4, -0.2) is 24.0 Å². The van der Waals surface area contributed by atoms with E-state index in [0.717, 1.165) is 14.0 Å². The van der Waals surface area contributed by atoms with Gasteiger partial charge >= 0.3 is 11.9 Å². The molecule has 1 aromatic rings. The summed E-state index contributed by atoms with van der Waals surface area (Å²) in [5.74, 6) is -1.53. The number of nitro groups is 1. The van der Waals surface area contributed by atoms with Crippen LogP contribution in [0.4, 0.5) is 5.69 Å². The van der Waals surface area contributed by atoms with Gasteiger partial charge in [0.1, 0.15) is 0 Å². The lowest BCUT2D eigenvalue weighted by atomic mass is 10.0. The van der Waals surface area contributed by atoms with Crippen LogP contribution in [0.25, 0.3) is 0 Å². The molecule has 112 valence electrons. The van der Waals surface area contributed by atoms with Gasteiger partial charge < -0.3 is 9.47 Å². The van der Waals surface area contributed by atoms with Crippen LogP contribution in [0.5, 0.6) is 0 Å². The second-order valence-corrected chi connectivity index (χ2v) is 4.88. The maximum absolute atomic E-state index is 11.6. The summed E-state index contributed by atoms with van der Waals surface area (Å²) in [5.41, 5.74) is -0.483. The molecule has 0 N–H and O–H groups in total. The van der Waals surface area contributed by atoms with E-state index in [2.05, 4.69) is 27.2 Å². The molecule has 0 saturated heterocycles. The predicted octanol–water partition coefficient (Wildman–Crippen LogP) is 2.69. The Morgan fingerprint density at radius 1 is 1.43 bits per heavy atom. The number of halogens is 1. The Hall–Kier alpha value is -2.22. The molecule has 1 atom stereocenters. The van der Waals surface area contributed by atoms with Gasteiger partial charge in [0.15, 0.2) is 6.10 Å². The molecule has 1 rings (SSSR count). The first kappa shape index (κ1) is 16.8. The quantitative estimate of drug-likeness (QED) is 0.348.